The minimum Gasteiger partial charge on any atom is -0.302 e. The predicted octanol–water partition coefficient (Wildman–Crippen LogP) is 2.64. The Kier molecular flexibility index (Phi) is 6.59. The molecule has 1 N–H and O–H groups in total. The molecule has 0 spiro atoms. The molecular formula is C3H10O9P4+2. The first kappa shape index (κ1) is 16.5. The lowest BCUT2D eigenvalue weighted by Crippen LogP contribution is -1.93. The van der Waals surface area contributed by atoms with E-state index in [0.29, 0.717) is 0 Å². The summed E-state index contributed by atoms with van der Waals surface area (Å²) in [6, 6.07) is 0. The summed E-state index contributed by atoms with van der Waals surface area (Å²) >= 11 is 0. The molecular weight excluding hydrogens is 304 g/mol. The van der Waals surface area contributed by atoms with Crippen LogP contribution in [-0.2, 0) is 35.7 Å². The molecule has 9 nitrogen and oxygen atoms in total. The van der Waals surface area contributed by atoms with Gasteiger partial charge in [-0.3, -0.25) is 4.52 Å². The van der Waals surface area contributed by atoms with Crippen molar-refractivity contribution in [3.05, 3.63) is 0 Å². The summed E-state index contributed by atoms with van der Waals surface area (Å²) in [5.74, 6) is 0. The third kappa shape index (κ3) is 6.92. The van der Waals surface area contributed by atoms with Crippen molar-refractivity contribution in [2.24, 2.45) is 0 Å². The normalized spacial score (nSPS) is 20.8. The second-order valence-corrected chi connectivity index (χ2v) is 8.14. The largest absolute Gasteiger partial charge is 0.569 e. The van der Waals surface area contributed by atoms with Crippen LogP contribution in [-0.4, -0.2) is 25.3 Å². The van der Waals surface area contributed by atoms with Crippen LogP contribution in [0.5, 0.6) is 0 Å². The Bertz CT molecular complexity index is 355. The van der Waals surface area contributed by atoms with Gasteiger partial charge in [-0.05, 0) is 17.8 Å². The van der Waals surface area contributed by atoms with Crippen LogP contribution in [0.2, 0.25) is 0 Å². The Morgan fingerprint density at radius 3 is 1.69 bits per heavy atom. The van der Waals surface area contributed by atoms with Crippen LogP contribution in [0, 0.1) is 0 Å². The summed E-state index contributed by atoms with van der Waals surface area (Å²) in [7, 11) is -13.5. The first-order valence-corrected chi connectivity index (χ1v) is 9.72. The van der Waals surface area contributed by atoms with E-state index in [0.717, 1.165) is 20.4 Å². The van der Waals surface area contributed by atoms with E-state index in [2.05, 4.69) is 17.5 Å². The lowest BCUT2D eigenvalue weighted by atomic mass is 11.8. The maximum atomic E-state index is 11.6. The van der Waals surface area contributed by atoms with E-state index in [1.165, 1.54) is 0 Å². The van der Waals surface area contributed by atoms with Crippen LogP contribution in [0.15, 0.2) is 0 Å². The highest BCUT2D eigenvalue weighted by molar-refractivity contribution is 7.69. The summed E-state index contributed by atoms with van der Waals surface area (Å²) < 4.78 is 60.3. The molecule has 0 bridgehead atoms. The molecule has 0 aliphatic heterocycles. The Labute approximate surface area is 93.4 Å². The summed E-state index contributed by atoms with van der Waals surface area (Å²) in [5, 5.41) is 0. The van der Waals surface area contributed by atoms with Gasteiger partial charge in [-0.1, -0.05) is 0 Å². The Hall–Kier alpha value is 0.460. The highest BCUT2D eigenvalue weighted by Gasteiger charge is 2.49. The first-order chi connectivity index (χ1) is 7.10. The molecule has 0 saturated heterocycles. The average molecular weight is 314 g/mol. The standard InChI is InChI=1S/C3H9O9P4/c1-9-15(6,7)12-16(8,10-13(2)4)11-14(3)5/h1-3H3/q+1/p+1. The highest BCUT2D eigenvalue weighted by atomic mass is 31.3. The van der Waals surface area contributed by atoms with Crippen molar-refractivity contribution in [2.75, 3.05) is 20.4 Å². The number of rotatable bonds is 7. The Morgan fingerprint density at radius 1 is 1.06 bits per heavy atom. The van der Waals surface area contributed by atoms with Gasteiger partial charge in [0.1, 0.15) is 0 Å². The quantitative estimate of drug-likeness (QED) is 0.705. The van der Waals surface area contributed by atoms with Gasteiger partial charge in [-0.25, -0.2) is 9.13 Å². The summed E-state index contributed by atoms with van der Waals surface area (Å²) in [5.41, 5.74) is 0. The van der Waals surface area contributed by atoms with Gasteiger partial charge >= 0.3 is 31.7 Å². The third-order valence-corrected chi connectivity index (χ3v) is 6.39. The second kappa shape index (κ2) is 6.41. The molecule has 0 aliphatic carbocycles. The van der Waals surface area contributed by atoms with Gasteiger partial charge in [0.05, 0.1) is 0 Å². The van der Waals surface area contributed by atoms with Crippen LogP contribution < -0.4 is 0 Å². The smallest absolute Gasteiger partial charge is 0.302 e. The van der Waals surface area contributed by atoms with Crippen LogP contribution in [0.1, 0.15) is 0 Å². The van der Waals surface area contributed by atoms with Crippen LogP contribution in [0.25, 0.3) is 0 Å². The molecule has 0 heterocycles. The molecule has 0 radical (unpaired) electrons. The fourth-order valence-corrected chi connectivity index (χ4v) is 5.18. The minimum atomic E-state index is -4.68. The van der Waals surface area contributed by atoms with E-state index in [1.54, 1.807) is 0 Å². The van der Waals surface area contributed by atoms with Crippen molar-refractivity contribution in [3.63, 3.8) is 0 Å². The fraction of sp³-hybridized carbons (Fsp3) is 1.00. The monoisotopic (exact) mass is 314 g/mol. The molecule has 0 aromatic carbocycles. The lowest BCUT2D eigenvalue weighted by Gasteiger charge is -2.09. The van der Waals surface area contributed by atoms with E-state index in [-0.39, 0.29) is 0 Å². The third-order valence-electron chi connectivity index (χ3n) is 0.864. The SMILES string of the molecule is COP(=O)(O)OP(=O)(O[P+](C)=O)O[P+](C)=O. The molecule has 0 amide bonds. The van der Waals surface area contributed by atoms with Gasteiger partial charge in [0.2, 0.25) is 0 Å². The zero-order chi connectivity index (χ0) is 13.0. The molecule has 13 heteroatoms. The van der Waals surface area contributed by atoms with E-state index < -0.39 is 31.7 Å². The number of phosphoric ester groups is 1. The van der Waals surface area contributed by atoms with Crippen LogP contribution >= 0.6 is 31.7 Å². The predicted molar refractivity (Wildman–Crippen MR) is 54.8 cm³/mol. The van der Waals surface area contributed by atoms with E-state index in [4.69, 9.17) is 4.89 Å². The van der Waals surface area contributed by atoms with E-state index >= 15 is 0 Å². The highest BCUT2D eigenvalue weighted by Crippen LogP contribution is 2.68. The van der Waals surface area contributed by atoms with Crippen LogP contribution in [0.3, 0.4) is 0 Å². The summed E-state index contributed by atoms with van der Waals surface area (Å²) in [6.45, 7) is 2.01. The maximum Gasteiger partial charge on any atom is 0.569 e. The van der Waals surface area contributed by atoms with Crippen molar-refractivity contribution in [3.8, 4) is 0 Å². The van der Waals surface area contributed by atoms with Crippen molar-refractivity contribution < 1.29 is 40.6 Å². The van der Waals surface area contributed by atoms with Crippen LogP contribution in [0.4, 0.5) is 0 Å². The lowest BCUT2D eigenvalue weighted by molar-refractivity contribution is 0.214. The van der Waals surface area contributed by atoms with Gasteiger partial charge in [0, 0.05) is 7.11 Å². The number of hydrogen-bond donors (Lipinski definition) is 1. The molecule has 0 rings (SSSR count). The van der Waals surface area contributed by atoms with Gasteiger partial charge in [-0.15, -0.1) is 0 Å². The van der Waals surface area contributed by atoms with Gasteiger partial charge < -0.3 is 4.89 Å². The van der Waals surface area contributed by atoms with Gasteiger partial charge in [-0.2, -0.15) is 4.31 Å². The molecule has 94 valence electrons. The number of phosphoric acid groups is 2. The Balaban J connectivity index is 4.94. The van der Waals surface area contributed by atoms with Gasteiger partial charge in [0.15, 0.2) is 13.3 Å². The molecule has 0 saturated carbocycles. The Morgan fingerprint density at radius 2 is 1.44 bits per heavy atom. The fourth-order valence-electron chi connectivity index (χ4n) is 0.486. The molecule has 0 aromatic heterocycles. The molecule has 16 heavy (non-hydrogen) atoms. The van der Waals surface area contributed by atoms with E-state index in [1.807, 2.05) is 0 Å². The first-order valence-electron chi connectivity index (χ1n) is 3.51. The second-order valence-electron chi connectivity index (χ2n) is 2.22. The van der Waals surface area contributed by atoms with Crippen molar-refractivity contribution in [1.82, 2.24) is 0 Å². The van der Waals surface area contributed by atoms with Gasteiger partial charge in [0.25, 0.3) is 0 Å². The average Bonchev–Trinajstić information content (AvgIpc) is 1.98. The molecule has 0 aliphatic rings. The topological polar surface area (TPSA) is 125 Å². The van der Waals surface area contributed by atoms with Crippen molar-refractivity contribution >= 4 is 31.7 Å². The van der Waals surface area contributed by atoms with E-state index in [9.17, 15) is 18.3 Å². The zero-order valence-corrected chi connectivity index (χ0v) is 12.1. The summed E-state index contributed by atoms with van der Waals surface area (Å²) in [4.78, 5) is 8.87. The number of hydrogen-bond acceptors (Lipinski definition) is 8. The summed E-state index contributed by atoms with van der Waals surface area (Å²) in [6.07, 6.45) is 0. The zero-order valence-electron chi connectivity index (χ0n) is 8.50. The molecule has 3 atom stereocenters. The molecule has 3 unspecified atom stereocenters. The van der Waals surface area contributed by atoms with Crippen molar-refractivity contribution in [2.45, 2.75) is 0 Å². The molecule has 0 aromatic rings. The van der Waals surface area contributed by atoms with Crippen molar-refractivity contribution in [1.29, 1.82) is 0 Å². The maximum absolute atomic E-state index is 11.6. The minimum absolute atomic E-state index is 0.809. The molecule has 0 fully saturated rings.